The zero-order valence-electron chi connectivity index (χ0n) is 29.8. The van der Waals surface area contributed by atoms with Crippen LogP contribution in [0.25, 0.3) is 0 Å². The Morgan fingerprint density at radius 2 is 1.13 bits per heavy atom. The van der Waals surface area contributed by atoms with Crippen LogP contribution in [0.3, 0.4) is 0 Å². The molecule has 0 aliphatic carbocycles. The monoisotopic (exact) mass is 673 g/mol. The largest absolute Gasteiger partial charge is 0.472 e. The predicted octanol–water partition coefficient (Wildman–Crippen LogP) is 9.83. The van der Waals surface area contributed by atoms with Gasteiger partial charge >= 0.3 is 7.82 Å². The fourth-order valence-electron chi connectivity index (χ4n) is 5.36. The summed E-state index contributed by atoms with van der Waals surface area (Å²) in [5.41, 5.74) is 5.35. The van der Waals surface area contributed by atoms with Gasteiger partial charge in [-0.3, -0.25) is 13.8 Å². The fourth-order valence-corrected chi connectivity index (χ4v) is 6.12. The number of nitrogens with two attached hydrogens (primary N) is 1. The summed E-state index contributed by atoms with van der Waals surface area (Å²) >= 11 is 0. The number of allylic oxidation sites excluding steroid dienone is 3. The van der Waals surface area contributed by atoms with Gasteiger partial charge in [0.15, 0.2) is 0 Å². The quantitative estimate of drug-likeness (QED) is 0.0299. The molecule has 272 valence electrons. The van der Waals surface area contributed by atoms with Crippen LogP contribution in [0.4, 0.5) is 0 Å². The van der Waals surface area contributed by atoms with E-state index in [1.807, 2.05) is 6.08 Å². The zero-order valence-corrected chi connectivity index (χ0v) is 30.7. The van der Waals surface area contributed by atoms with Crippen molar-refractivity contribution in [2.24, 2.45) is 5.73 Å². The van der Waals surface area contributed by atoms with Crippen LogP contribution in [0, 0.1) is 0 Å². The van der Waals surface area contributed by atoms with E-state index in [4.69, 9.17) is 14.8 Å². The van der Waals surface area contributed by atoms with E-state index in [0.29, 0.717) is 6.42 Å². The summed E-state index contributed by atoms with van der Waals surface area (Å²) in [4.78, 5) is 22.6. The Morgan fingerprint density at radius 3 is 1.63 bits per heavy atom. The van der Waals surface area contributed by atoms with Gasteiger partial charge in [-0.05, 0) is 44.9 Å². The summed E-state index contributed by atoms with van der Waals surface area (Å²) in [7, 11) is -4.33. The molecule has 8 nitrogen and oxygen atoms in total. The molecular formula is C37H73N2O6P. The molecule has 0 fully saturated rings. The second-order valence-electron chi connectivity index (χ2n) is 12.8. The Bertz CT molecular complexity index is 779. The molecule has 0 aromatic heterocycles. The molecule has 1 amide bonds. The van der Waals surface area contributed by atoms with Gasteiger partial charge in [0.25, 0.3) is 0 Å². The van der Waals surface area contributed by atoms with Gasteiger partial charge in [-0.15, -0.1) is 0 Å². The number of aliphatic hydroxyl groups excluding tert-OH is 1. The SMILES string of the molecule is CCCCCC/C=C\CCCCCCCC(=O)NC(COP(=O)(O)OCCN)C(O)/C=C/CCCCCCCCCCCCCC. The van der Waals surface area contributed by atoms with Gasteiger partial charge in [0.05, 0.1) is 25.4 Å². The minimum atomic E-state index is -4.33. The Balaban J connectivity index is 4.34. The number of phosphoric ester groups is 1. The molecule has 0 bridgehead atoms. The van der Waals surface area contributed by atoms with Gasteiger partial charge in [0.1, 0.15) is 0 Å². The molecule has 0 radical (unpaired) electrons. The van der Waals surface area contributed by atoms with Gasteiger partial charge in [0.2, 0.25) is 5.91 Å². The molecule has 0 aromatic carbocycles. The standard InChI is InChI=1S/C37H73N2O6P/c1-3-5-7-9-11-13-15-17-19-20-22-24-26-28-30-36(40)35(34-45-46(42,43)44-33-32-38)39-37(41)31-29-27-25-23-21-18-16-14-12-10-8-6-4-2/h14,16,28,30,35-36,40H,3-13,15,17-27,29,31-34,38H2,1-2H3,(H,39,41)(H,42,43)/b16-14-,30-28+. The van der Waals surface area contributed by atoms with Crippen molar-refractivity contribution in [2.75, 3.05) is 19.8 Å². The van der Waals surface area contributed by atoms with Crippen LogP contribution in [0.5, 0.6) is 0 Å². The maximum Gasteiger partial charge on any atom is 0.472 e. The van der Waals surface area contributed by atoms with Crippen molar-refractivity contribution < 1.29 is 28.4 Å². The van der Waals surface area contributed by atoms with Gasteiger partial charge in [0, 0.05) is 13.0 Å². The number of aliphatic hydroxyl groups is 1. The first kappa shape index (κ1) is 45.0. The van der Waals surface area contributed by atoms with E-state index >= 15 is 0 Å². The summed E-state index contributed by atoms with van der Waals surface area (Å²) < 4.78 is 22.0. The molecule has 0 aliphatic rings. The Morgan fingerprint density at radius 1 is 0.696 bits per heavy atom. The van der Waals surface area contributed by atoms with E-state index in [1.54, 1.807) is 6.08 Å². The molecular weight excluding hydrogens is 599 g/mol. The van der Waals surface area contributed by atoms with Gasteiger partial charge in [-0.2, -0.15) is 0 Å². The van der Waals surface area contributed by atoms with Crippen molar-refractivity contribution >= 4 is 13.7 Å². The Hall–Kier alpha value is -1.02. The van der Waals surface area contributed by atoms with E-state index in [9.17, 15) is 19.4 Å². The second-order valence-corrected chi connectivity index (χ2v) is 14.2. The normalized spacial score (nSPS) is 14.6. The Kier molecular flexibility index (Phi) is 33.1. The highest BCUT2D eigenvalue weighted by Crippen LogP contribution is 2.43. The number of rotatable bonds is 35. The van der Waals surface area contributed by atoms with Crippen molar-refractivity contribution in [3.8, 4) is 0 Å². The molecule has 0 heterocycles. The highest BCUT2D eigenvalue weighted by molar-refractivity contribution is 7.47. The Labute approximate surface area is 283 Å². The summed E-state index contributed by atoms with van der Waals surface area (Å²) in [6, 6.07) is -0.860. The van der Waals surface area contributed by atoms with Crippen LogP contribution in [0.2, 0.25) is 0 Å². The number of carbonyl (C=O) groups excluding carboxylic acids is 1. The third kappa shape index (κ3) is 31.6. The number of nitrogens with one attached hydrogen (secondary N) is 1. The van der Waals surface area contributed by atoms with Crippen molar-refractivity contribution in [3.63, 3.8) is 0 Å². The summed E-state index contributed by atoms with van der Waals surface area (Å²) in [6.45, 7) is 4.10. The second kappa shape index (κ2) is 33.9. The summed E-state index contributed by atoms with van der Waals surface area (Å²) in [6.07, 6.45) is 36.4. The average molecular weight is 673 g/mol. The minimum absolute atomic E-state index is 0.0778. The van der Waals surface area contributed by atoms with E-state index in [0.717, 1.165) is 51.4 Å². The van der Waals surface area contributed by atoms with E-state index < -0.39 is 20.0 Å². The summed E-state index contributed by atoms with van der Waals surface area (Å²) in [5.74, 6) is -0.205. The van der Waals surface area contributed by atoms with Crippen LogP contribution in [0.15, 0.2) is 24.3 Å². The van der Waals surface area contributed by atoms with Crippen LogP contribution < -0.4 is 11.1 Å². The minimum Gasteiger partial charge on any atom is -0.387 e. The molecule has 0 rings (SSSR count). The topological polar surface area (TPSA) is 131 Å². The van der Waals surface area contributed by atoms with E-state index in [-0.39, 0.29) is 25.7 Å². The lowest BCUT2D eigenvalue weighted by molar-refractivity contribution is -0.123. The first-order chi connectivity index (χ1) is 22.4. The molecule has 0 saturated heterocycles. The maximum atomic E-state index is 12.7. The highest BCUT2D eigenvalue weighted by atomic mass is 31.2. The molecule has 9 heteroatoms. The third-order valence-corrected chi connectivity index (χ3v) is 9.26. The van der Waals surface area contributed by atoms with Crippen molar-refractivity contribution in [2.45, 2.75) is 187 Å². The van der Waals surface area contributed by atoms with Gasteiger partial charge in [-0.25, -0.2) is 4.57 Å². The number of phosphoric acid groups is 1. The zero-order chi connectivity index (χ0) is 34.0. The van der Waals surface area contributed by atoms with Crippen LogP contribution in [-0.4, -0.2) is 47.8 Å². The average Bonchev–Trinajstić information content (AvgIpc) is 3.04. The lowest BCUT2D eigenvalue weighted by Crippen LogP contribution is -2.45. The van der Waals surface area contributed by atoms with Crippen LogP contribution in [-0.2, 0) is 18.4 Å². The number of hydrogen-bond donors (Lipinski definition) is 4. The van der Waals surface area contributed by atoms with Gasteiger partial charge in [-0.1, -0.05) is 147 Å². The smallest absolute Gasteiger partial charge is 0.387 e. The van der Waals surface area contributed by atoms with Crippen molar-refractivity contribution in [1.29, 1.82) is 0 Å². The summed E-state index contributed by atoms with van der Waals surface area (Å²) in [5, 5.41) is 13.6. The molecule has 0 saturated carbocycles. The highest BCUT2D eigenvalue weighted by Gasteiger charge is 2.26. The van der Waals surface area contributed by atoms with Crippen LogP contribution >= 0.6 is 7.82 Å². The lowest BCUT2D eigenvalue weighted by Gasteiger charge is -2.23. The number of carbonyl (C=O) groups is 1. The number of amides is 1. The van der Waals surface area contributed by atoms with Crippen molar-refractivity contribution in [1.82, 2.24) is 5.32 Å². The van der Waals surface area contributed by atoms with E-state index in [2.05, 4.69) is 31.3 Å². The molecule has 3 unspecified atom stereocenters. The number of hydrogen-bond acceptors (Lipinski definition) is 6. The number of unbranched alkanes of at least 4 members (excludes halogenated alkanes) is 21. The molecule has 0 aromatic rings. The van der Waals surface area contributed by atoms with Crippen LogP contribution in [0.1, 0.15) is 174 Å². The molecule has 5 N–H and O–H groups in total. The first-order valence-electron chi connectivity index (χ1n) is 19.0. The van der Waals surface area contributed by atoms with Gasteiger partial charge < -0.3 is 21.1 Å². The van der Waals surface area contributed by atoms with Crippen molar-refractivity contribution in [3.05, 3.63) is 24.3 Å². The molecule has 46 heavy (non-hydrogen) atoms. The predicted molar refractivity (Wildman–Crippen MR) is 194 cm³/mol. The molecule has 0 aliphatic heterocycles. The molecule has 3 atom stereocenters. The molecule has 0 spiro atoms. The first-order valence-corrected chi connectivity index (χ1v) is 20.5. The maximum absolute atomic E-state index is 12.7. The third-order valence-electron chi connectivity index (χ3n) is 8.27. The lowest BCUT2D eigenvalue weighted by atomic mass is 10.0. The van der Waals surface area contributed by atoms with E-state index in [1.165, 1.54) is 103 Å². The fraction of sp³-hybridized carbons (Fsp3) is 0.865.